The molecule has 0 bridgehead atoms. The van der Waals surface area contributed by atoms with Crippen molar-refractivity contribution in [1.29, 1.82) is 0 Å². The van der Waals surface area contributed by atoms with E-state index in [1.54, 1.807) is 29.5 Å². The SMILES string of the molecule is CCn1cc(C=O)c(-c2cnccn2)n1. The van der Waals surface area contributed by atoms with Crippen LogP contribution in [0.25, 0.3) is 11.4 Å². The van der Waals surface area contributed by atoms with E-state index < -0.39 is 0 Å². The van der Waals surface area contributed by atoms with E-state index in [1.807, 2.05) is 6.92 Å². The topological polar surface area (TPSA) is 60.7 Å². The molecule has 5 nitrogen and oxygen atoms in total. The quantitative estimate of drug-likeness (QED) is 0.701. The van der Waals surface area contributed by atoms with Crippen molar-refractivity contribution in [2.24, 2.45) is 0 Å². The van der Waals surface area contributed by atoms with Crippen LogP contribution in [-0.2, 0) is 6.54 Å². The normalized spacial score (nSPS) is 10.2. The molecule has 2 aromatic rings. The van der Waals surface area contributed by atoms with E-state index >= 15 is 0 Å². The summed E-state index contributed by atoms with van der Waals surface area (Å²) < 4.78 is 1.70. The van der Waals surface area contributed by atoms with Gasteiger partial charge in [-0.25, -0.2) is 0 Å². The molecule has 0 N–H and O–H groups in total. The van der Waals surface area contributed by atoms with Crippen molar-refractivity contribution in [2.75, 3.05) is 0 Å². The van der Waals surface area contributed by atoms with Crippen LogP contribution in [0.15, 0.2) is 24.8 Å². The van der Waals surface area contributed by atoms with Gasteiger partial charge >= 0.3 is 0 Å². The van der Waals surface area contributed by atoms with Crippen molar-refractivity contribution in [3.63, 3.8) is 0 Å². The molecule has 0 aromatic carbocycles. The van der Waals surface area contributed by atoms with Gasteiger partial charge in [-0.2, -0.15) is 5.10 Å². The van der Waals surface area contributed by atoms with Crippen LogP contribution < -0.4 is 0 Å². The molecule has 0 spiro atoms. The zero-order valence-electron chi connectivity index (χ0n) is 8.29. The number of nitrogens with zero attached hydrogens (tertiary/aromatic N) is 4. The molecule has 2 heterocycles. The van der Waals surface area contributed by atoms with Crippen LogP contribution in [0.2, 0.25) is 0 Å². The van der Waals surface area contributed by atoms with E-state index in [1.165, 1.54) is 0 Å². The molecule has 0 fully saturated rings. The van der Waals surface area contributed by atoms with Gasteiger partial charge in [-0.05, 0) is 6.92 Å². The molecular formula is C10H10N4O. The molecule has 2 rings (SSSR count). The Kier molecular flexibility index (Phi) is 2.53. The summed E-state index contributed by atoms with van der Waals surface area (Å²) >= 11 is 0. The molecule has 0 amide bonds. The minimum absolute atomic E-state index is 0.539. The molecule has 0 unspecified atom stereocenters. The molecular weight excluding hydrogens is 192 g/mol. The van der Waals surface area contributed by atoms with Crippen LogP contribution in [0, 0.1) is 0 Å². The maximum atomic E-state index is 10.8. The van der Waals surface area contributed by atoms with Gasteiger partial charge in [-0.1, -0.05) is 0 Å². The van der Waals surface area contributed by atoms with E-state index in [9.17, 15) is 4.79 Å². The first-order valence-electron chi connectivity index (χ1n) is 4.64. The summed E-state index contributed by atoms with van der Waals surface area (Å²) in [5.41, 5.74) is 1.74. The van der Waals surface area contributed by atoms with Crippen molar-refractivity contribution >= 4 is 6.29 Å². The van der Waals surface area contributed by atoms with Crippen LogP contribution in [0.5, 0.6) is 0 Å². The van der Waals surface area contributed by atoms with Gasteiger partial charge in [0.2, 0.25) is 0 Å². The van der Waals surface area contributed by atoms with Gasteiger partial charge in [0, 0.05) is 25.1 Å². The molecule has 0 aliphatic carbocycles. The van der Waals surface area contributed by atoms with Crippen LogP contribution >= 0.6 is 0 Å². The second-order valence-corrected chi connectivity index (χ2v) is 3.00. The highest BCUT2D eigenvalue weighted by Crippen LogP contribution is 2.16. The predicted molar refractivity (Wildman–Crippen MR) is 54.3 cm³/mol. The van der Waals surface area contributed by atoms with Crippen molar-refractivity contribution < 1.29 is 4.79 Å². The monoisotopic (exact) mass is 202 g/mol. The Morgan fingerprint density at radius 1 is 1.47 bits per heavy atom. The molecule has 15 heavy (non-hydrogen) atoms. The van der Waals surface area contributed by atoms with Crippen molar-refractivity contribution in [3.8, 4) is 11.4 Å². The maximum absolute atomic E-state index is 10.8. The Morgan fingerprint density at radius 2 is 2.33 bits per heavy atom. The lowest BCUT2D eigenvalue weighted by molar-refractivity contribution is 0.112. The zero-order chi connectivity index (χ0) is 10.7. The number of aromatic nitrogens is 4. The summed E-state index contributed by atoms with van der Waals surface area (Å²) in [5, 5.41) is 4.25. The highest BCUT2D eigenvalue weighted by molar-refractivity contribution is 5.84. The first-order chi connectivity index (χ1) is 7.35. The first kappa shape index (κ1) is 9.51. The van der Waals surface area contributed by atoms with Crippen LogP contribution in [0.4, 0.5) is 0 Å². The smallest absolute Gasteiger partial charge is 0.153 e. The molecule has 0 aliphatic rings. The second-order valence-electron chi connectivity index (χ2n) is 3.00. The molecule has 76 valence electrons. The summed E-state index contributed by atoms with van der Waals surface area (Å²) in [6, 6.07) is 0. The third-order valence-corrected chi connectivity index (χ3v) is 2.05. The third kappa shape index (κ3) is 1.76. The number of hydrogen-bond acceptors (Lipinski definition) is 4. The molecule has 0 atom stereocenters. The summed E-state index contributed by atoms with van der Waals surface area (Å²) in [6.07, 6.45) is 7.24. The maximum Gasteiger partial charge on any atom is 0.153 e. The lowest BCUT2D eigenvalue weighted by Gasteiger charge is -1.94. The average molecular weight is 202 g/mol. The Labute approximate surface area is 86.8 Å². The highest BCUT2D eigenvalue weighted by Gasteiger charge is 2.10. The standard InChI is InChI=1S/C10H10N4O/c1-2-14-6-8(7-15)10(13-14)9-5-11-3-4-12-9/h3-7H,2H2,1H3. The molecule has 0 aliphatic heterocycles. The van der Waals surface area contributed by atoms with Crippen LogP contribution in [0.1, 0.15) is 17.3 Å². The number of rotatable bonds is 3. The molecule has 0 radical (unpaired) electrons. The summed E-state index contributed by atoms with van der Waals surface area (Å²) in [7, 11) is 0. The van der Waals surface area contributed by atoms with Crippen LogP contribution in [0.3, 0.4) is 0 Å². The number of carbonyl (C=O) groups is 1. The molecule has 5 heteroatoms. The van der Waals surface area contributed by atoms with Gasteiger partial charge in [0.25, 0.3) is 0 Å². The Morgan fingerprint density at radius 3 is 2.93 bits per heavy atom. The van der Waals surface area contributed by atoms with Gasteiger partial charge in [0.15, 0.2) is 6.29 Å². The van der Waals surface area contributed by atoms with Crippen molar-refractivity contribution in [2.45, 2.75) is 13.5 Å². The Balaban J connectivity index is 2.52. The lowest BCUT2D eigenvalue weighted by Crippen LogP contribution is -1.94. The lowest BCUT2D eigenvalue weighted by atomic mass is 10.2. The fourth-order valence-corrected chi connectivity index (χ4v) is 1.31. The summed E-state index contributed by atoms with van der Waals surface area (Å²) in [6.45, 7) is 2.68. The largest absolute Gasteiger partial charge is 0.298 e. The molecule has 0 saturated carbocycles. The van der Waals surface area contributed by atoms with Crippen molar-refractivity contribution in [3.05, 3.63) is 30.4 Å². The number of aryl methyl sites for hydroxylation is 1. The van der Waals surface area contributed by atoms with Gasteiger partial charge in [-0.15, -0.1) is 0 Å². The second kappa shape index (κ2) is 4.00. The van der Waals surface area contributed by atoms with Crippen LogP contribution in [-0.4, -0.2) is 26.0 Å². The Hall–Kier alpha value is -2.04. The van der Waals surface area contributed by atoms with E-state index in [4.69, 9.17) is 0 Å². The fourth-order valence-electron chi connectivity index (χ4n) is 1.31. The molecule has 2 aromatic heterocycles. The number of carbonyl (C=O) groups excluding carboxylic acids is 1. The number of aldehydes is 1. The highest BCUT2D eigenvalue weighted by atomic mass is 16.1. The van der Waals surface area contributed by atoms with Gasteiger partial charge in [0.1, 0.15) is 11.4 Å². The van der Waals surface area contributed by atoms with E-state index in [-0.39, 0.29) is 0 Å². The minimum atomic E-state index is 0.539. The fraction of sp³-hybridized carbons (Fsp3) is 0.200. The van der Waals surface area contributed by atoms with E-state index in [2.05, 4.69) is 15.1 Å². The minimum Gasteiger partial charge on any atom is -0.298 e. The zero-order valence-corrected chi connectivity index (χ0v) is 8.29. The van der Waals surface area contributed by atoms with Gasteiger partial charge in [0.05, 0.1) is 11.8 Å². The van der Waals surface area contributed by atoms with E-state index in [0.29, 0.717) is 17.0 Å². The van der Waals surface area contributed by atoms with E-state index in [0.717, 1.165) is 12.8 Å². The summed E-state index contributed by atoms with van der Waals surface area (Å²) in [4.78, 5) is 18.9. The first-order valence-corrected chi connectivity index (χ1v) is 4.64. The van der Waals surface area contributed by atoms with Gasteiger partial charge in [-0.3, -0.25) is 19.4 Å². The Bertz CT molecular complexity index is 464. The predicted octanol–water partition coefficient (Wildman–Crippen LogP) is 1.17. The van der Waals surface area contributed by atoms with Gasteiger partial charge < -0.3 is 0 Å². The third-order valence-electron chi connectivity index (χ3n) is 2.05. The average Bonchev–Trinajstić information content (AvgIpc) is 2.73. The summed E-state index contributed by atoms with van der Waals surface area (Å²) in [5.74, 6) is 0. The molecule has 0 saturated heterocycles. The van der Waals surface area contributed by atoms with Crippen molar-refractivity contribution in [1.82, 2.24) is 19.7 Å². The number of hydrogen-bond donors (Lipinski definition) is 0.